The quantitative estimate of drug-likeness (QED) is 0.699. The van der Waals surface area contributed by atoms with Gasteiger partial charge in [-0.05, 0) is 17.3 Å². The lowest BCUT2D eigenvalue weighted by Gasteiger charge is -1.90. The molecule has 2 heterocycles. The molecule has 0 aromatic carbocycles. The van der Waals surface area contributed by atoms with Crippen LogP contribution in [0.25, 0.3) is 11.3 Å². The van der Waals surface area contributed by atoms with Crippen molar-refractivity contribution in [3.63, 3.8) is 0 Å². The Morgan fingerprint density at radius 3 is 2.69 bits per heavy atom. The van der Waals surface area contributed by atoms with Gasteiger partial charge in [0.2, 0.25) is 0 Å². The molecule has 0 saturated heterocycles. The fourth-order valence-corrected chi connectivity index (χ4v) is 1.01. The van der Waals surface area contributed by atoms with Gasteiger partial charge in [0, 0.05) is 24.0 Å². The van der Waals surface area contributed by atoms with E-state index in [2.05, 4.69) is 10.1 Å². The van der Waals surface area contributed by atoms with Gasteiger partial charge in [-0.15, -0.1) is 0 Å². The van der Waals surface area contributed by atoms with Crippen molar-refractivity contribution in [3.8, 4) is 17.2 Å². The Kier molecular flexibility index (Phi) is 1.96. The van der Waals surface area contributed by atoms with Crippen LogP contribution in [0, 0.1) is 0 Å². The SMILES string of the molecule is COc1cc(-c2ccncc2)on1. The molecule has 0 fully saturated rings. The first kappa shape index (κ1) is 7.79. The van der Waals surface area contributed by atoms with Crippen molar-refractivity contribution in [2.75, 3.05) is 7.11 Å². The molecule has 0 saturated carbocycles. The molecule has 0 aliphatic carbocycles. The molecule has 13 heavy (non-hydrogen) atoms. The number of rotatable bonds is 2. The monoisotopic (exact) mass is 176 g/mol. The summed E-state index contributed by atoms with van der Waals surface area (Å²) in [6.07, 6.45) is 3.40. The summed E-state index contributed by atoms with van der Waals surface area (Å²) in [6, 6.07) is 5.43. The van der Waals surface area contributed by atoms with E-state index in [-0.39, 0.29) is 0 Å². The zero-order valence-electron chi connectivity index (χ0n) is 7.10. The smallest absolute Gasteiger partial charge is 0.254 e. The predicted octanol–water partition coefficient (Wildman–Crippen LogP) is 1.75. The van der Waals surface area contributed by atoms with Crippen molar-refractivity contribution in [1.82, 2.24) is 10.1 Å². The van der Waals surface area contributed by atoms with Gasteiger partial charge >= 0.3 is 0 Å². The molecule has 0 spiro atoms. The van der Waals surface area contributed by atoms with Gasteiger partial charge in [0.1, 0.15) is 0 Å². The Hall–Kier alpha value is -1.84. The maximum absolute atomic E-state index is 5.04. The molecule has 66 valence electrons. The average Bonchev–Trinajstić information content (AvgIpc) is 2.67. The van der Waals surface area contributed by atoms with E-state index < -0.39 is 0 Å². The molecule has 4 nitrogen and oxygen atoms in total. The van der Waals surface area contributed by atoms with Crippen LogP contribution in [0.4, 0.5) is 0 Å². The van der Waals surface area contributed by atoms with E-state index in [0.717, 1.165) is 5.56 Å². The van der Waals surface area contributed by atoms with Crippen molar-refractivity contribution in [3.05, 3.63) is 30.6 Å². The highest BCUT2D eigenvalue weighted by molar-refractivity contribution is 5.56. The van der Waals surface area contributed by atoms with E-state index in [1.54, 1.807) is 25.6 Å². The van der Waals surface area contributed by atoms with Crippen LogP contribution in [0.2, 0.25) is 0 Å². The van der Waals surface area contributed by atoms with Crippen LogP contribution < -0.4 is 4.74 Å². The molecule has 2 rings (SSSR count). The molecule has 2 aromatic heterocycles. The molecule has 4 heteroatoms. The average molecular weight is 176 g/mol. The number of nitrogens with zero attached hydrogens (tertiary/aromatic N) is 2. The van der Waals surface area contributed by atoms with Gasteiger partial charge < -0.3 is 9.26 Å². The van der Waals surface area contributed by atoms with Gasteiger partial charge in [-0.2, -0.15) is 0 Å². The maximum atomic E-state index is 5.04. The van der Waals surface area contributed by atoms with Gasteiger partial charge in [0.15, 0.2) is 5.76 Å². The van der Waals surface area contributed by atoms with Crippen molar-refractivity contribution in [2.24, 2.45) is 0 Å². The highest BCUT2D eigenvalue weighted by atomic mass is 16.5. The normalized spacial score (nSPS) is 9.92. The Morgan fingerprint density at radius 1 is 1.31 bits per heavy atom. The zero-order valence-corrected chi connectivity index (χ0v) is 7.10. The molecule has 0 aliphatic heterocycles. The lowest BCUT2D eigenvalue weighted by molar-refractivity contribution is 0.343. The number of ether oxygens (including phenoxy) is 1. The Bertz CT molecular complexity index is 384. The summed E-state index contributed by atoms with van der Waals surface area (Å²) in [5.74, 6) is 1.16. The van der Waals surface area contributed by atoms with E-state index in [9.17, 15) is 0 Å². The van der Waals surface area contributed by atoms with Crippen LogP contribution in [0.5, 0.6) is 5.88 Å². The topological polar surface area (TPSA) is 48.2 Å². The summed E-state index contributed by atoms with van der Waals surface area (Å²) in [6.45, 7) is 0. The lowest BCUT2D eigenvalue weighted by Crippen LogP contribution is -1.79. The minimum absolute atomic E-state index is 0.479. The lowest BCUT2D eigenvalue weighted by atomic mass is 10.2. The zero-order chi connectivity index (χ0) is 9.10. The first-order valence-electron chi connectivity index (χ1n) is 3.81. The van der Waals surface area contributed by atoms with Gasteiger partial charge in [-0.3, -0.25) is 4.98 Å². The van der Waals surface area contributed by atoms with E-state index in [1.165, 1.54) is 0 Å². The fraction of sp³-hybridized carbons (Fsp3) is 0.111. The summed E-state index contributed by atoms with van der Waals surface area (Å²) < 4.78 is 9.93. The number of hydrogen-bond donors (Lipinski definition) is 0. The summed E-state index contributed by atoms with van der Waals surface area (Å²) in [4.78, 5) is 3.90. The molecule has 0 bridgehead atoms. The van der Waals surface area contributed by atoms with Gasteiger partial charge in [0.25, 0.3) is 5.88 Å². The summed E-state index contributed by atoms with van der Waals surface area (Å²) in [7, 11) is 1.55. The number of aromatic nitrogens is 2. The number of methoxy groups -OCH3 is 1. The molecule has 0 radical (unpaired) electrons. The standard InChI is InChI=1S/C9H8N2O2/c1-12-9-6-8(13-11-9)7-2-4-10-5-3-7/h2-6H,1H3. The second kappa shape index (κ2) is 3.26. The summed E-state index contributed by atoms with van der Waals surface area (Å²) in [5, 5.41) is 3.69. The van der Waals surface area contributed by atoms with Crippen LogP contribution in [0.1, 0.15) is 0 Å². The Balaban J connectivity index is 2.36. The van der Waals surface area contributed by atoms with E-state index in [4.69, 9.17) is 9.26 Å². The summed E-state index contributed by atoms with van der Waals surface area (Å²) in [5.41, 5.74) is 0.936. The Labute approximate surface area is 75.2 Å². The van der Waals surface area contributed by atoms with E-state index >= 15 is 0 Å². The molecule has 0 unspecified atom stereocenters. The molecule has 0 aliphatic rings. The van der Waals surface area contributed by atoms with Gasteiger partial charge in [-0.25, -0.2) is 0 Å². The predicted molar refractivity (Wildman–Crippen MR) is 46.3 cm³/mol. The summed E-state index contributed by atoms with van der Waals surface area (Å²) >= 11 is 0. The van der Waals surface area contributed by atoms with E-state index in [0.29, 0.717) is 11.6 Å². The van der Waals surface area contributed by atoms with Crippen LogP contribution in [0.3, 0.4) is 0 Å². The first-order valence-corrected chi connectivity index (χ1v) is 3.81. The molecule has 0 N–H and O–H groups in total. The molecule has 2 aromatic rings. The minimum Gasteiger partial charge on any atom is -0.479 e. The van der Waals surface area contributed by atoms with Crippen LogP contribution in [-0.4, -0.2) is 17.3 Å². The maximum Gasteiger partial charge on any atom is 0.254 e. The molecular formula is C9H8N2O2. The third-order valence-corrected chi connectivity index (χ3v) is 1.66. The van der Waals surface area contributed by atoms with Crippen molar-refractivity contribution >= 4 is 0 Å². The van der Waals surface area contributed by atoms with Crippen LogP contribution >= 0.6 is 0 Å². The third kappa shape index (κ3) is 1.51. The van der Waals surface area contributed by atoms with E-state index in [1.807, 2.05) is 12.1 Å². The Morgan fingerprint density at radius 2 is 2.08 bits per heavy atom. The highest BCUT2D eigenvalue weighted by Crippen LogP contribution is 2.22. The molecule has 0 amide bonds. The fourth-order valence-electron chi connectivity index (χ4n) is 1.01. The van der Waals surface area contributed by atoms with Crippen molar-refractivity contribution in [2.45, 2.75) is 0 Å². The van der Waals surface area contributed by atoms with Crippen molar-refractivity contribution in [1.29, 1.82) is 0 Å². The van der Waals surface area contributed by atoms with Gasteiger partial charge in [-0.1, -0.05) is 0 Å². The highest BCUT2D eigenvalue weighted by Gasteiger charge is 2.05. The van der Waals surface area contributed by atoms with Crippen molar-refractivity contribution < 1.29 is 9.26 Å². The minimum atomic E-state index is 0.479. The largest absolute Gasteiger partial charge is 0.479 e. The molecule has 0 atom stereocenters. The van der Waals surface area contributed by atoms with Crippen LogP contribution in [0.15, 0.2) is 35.1 Å². The first-order chi connectivity index (χ1) is 6.40. The number of hydrogen-bond acceptors (Lipinski definition) is 4. The second-order valence-electron chi connectivity index (χ2n) is 2.47. The third-order valence-electron chi connectivity index (χ3n) is 1.66. The second-order valence-corrected chi connectivity index (χ2v) is 2.47. The van der Waals surface area contributed by atoms with Crippen LogP contribution in [-0.2, 0) is 0 Å². The molecular weight excluding hydrogens is 168 g/mol. The number of pyridine rings is 1. The van der Waals surface area contributed by atoms with Gasteiger partial charge in [0.05, 0.1) is 7.11 Å².